The van der Waals surface area contributed by atoms with Crippen molar-refractivity contribution >= 4 is 37.8 Å². The van der Waals surface area contributed by atoms with Gasteiger partial charge in [-0.2, -0.15) is 0 Å². The second-order valence-corrected chi connectivity index (χ2v) is 12.6. The molecule has 17 heteroatoms. The molecular weight excluding hydrogens is 527 g/mol. The fourth-order valence-electron chi connectivity index (χ4n) is 4.45. The molecule has 1 aromatic heterocycles. The maximum atomic E-state index is 12.6. The molecule has 0 amide bonds. The van der Waals surface area contributed by atoms with Crippen LogP contribution in [0.3, 0.4) is 0 Å². The zero-order chi connectivity index (χ0) is 26.5. The number of ether oxygens (including phenoxy) is 1. The van der Waals surface area contributed by atoms with Gasteiger partial charge in [-0.1, -0.05) is 0 Å². The highest BCUT2D eigenvalue weighted by molar-refractivity contribution is 7.72. The van der Waals surface area contributed by atoms with Gasteiger partial charge in [0.25, 0.3) is 5.08 Å². The summed E-state index contributed by atoms with van der Waals surface area (Å²) in [6, 6.07) is 3.19. The van der Waals surface area contributed by atoms with Gasteiger partial charge in [0.15, 0.2) is 5.75 Å². The van der Waals surface area contributed by atoms with Crippen LogP contribution in [0.25, 0.3) is 10.9 Å². The van der Waals surface area contributed by atoms with Gasteiger partial charge in [-0.15, -0.1) is 4.73 Å². The maximum absolute atomic E-state index is 12.6. The molecule has 4 rings (SSSR count). The lowest BCUT2D eigenvalue weighted by atomic mass is 10.1. The molecule has 1 aromatic carbocycles. The van der Waals surface area contributed by atoms with Gasteiger partial charge in [0.1, 0.15) is 12.2 Å². The Kier molecular flexibility index (Phi) is 7.05. The molecule has 0 aliphatic carbocycles. The van der Waals surface area contributed by atoms with Crippen molar-refractivity contribution in [3.63, 3.8) is 0 Å². The van der Waals surface area contributed by atoms with E-state index in [0.717, 1.165) is 0 Å². The number of rotatable bonds is 8. The monoisotopic (exact) mass is 551 g/mol. The number of pyridine rings is 1. The number of carbonyl (C=O) groups is 1. The van der Waals surface area contributed by atoms with Gasteiger partial charge in [0.2, 0.25) is 5.43 Å². The molecule has 0 bridgehead atoms. The van der Waals surface area contributed by atoms with Gasteiger partial charge in [0, 0.05) is 45.3 Å². The van der Waals surface area contributed by atoms with Crippen molar-refractivity contribution in [2.75, 3.05) is 44.2 Å². The van der Waals surface area contributed by atoms with Gasteiger partial charge in [-0.3, -0.25) is 18.8 Å². The van der Waals surface area contributed by atoms with Crippen LogP contribution in [-0.2, 0) is 20.4 Å². The average Bonchev–Trinajstić information content (AvgIpc) is 2.83. The van der Waals surface area contributed by atoms with Crippen molar-refractivity contribution in [2.24, 2.45) is 0 Å². The van der Waals surface area contributed by atoms with Crippen LogP contribution in [0.1, 0.15) is 16.8 Å². The predicted octanol–water partition coefficient (Wildman–Crippen LogP) is 0.514. The van der Waals surface area contributed by atoms with Crippen LogP contribution in [0.15, 0.2) is 23.1 Å². The molecule has 1 saturated heterocycles. The van der Waals surface area contributed by atoms with Crippen molar-refractivity contribution in [2.45, 2.75) is 18.0 Å². The number of carboxylic acid groups (broad SMARTS) is 1. The number of carboxylic acids is 1. The van der Waals surface area contributed by atoms with Crippen molar-refractivity contribution in [1.82, 2.24) is 9.47 Å². The smallest absolute Gasteiger partial charge is 0.403 e. The highest BCUT2D eigenvalue weighted by atomic mass is 31.2. The summed E-state index contributed by atoms with van der Waals surface area (Å²) in [4.78, 5) is 55.9. The Bertz CT molecular complexity index is 1350. The minimum Gasteiger partial charge on any atom is -0.487 e. The van der Waals surface area contributed by atoms with E-state index in [0.29, 0.717) is 49.7 Å². The van der Waals surface area contributed by atoms with Crippen LogP contribution in [0, 0.1) is 0 Å². The Hall–Kier alpha value is -2.35. The molecule has 2 unspecified atom stereocenters. The maximum Gasteiger partial charge on any atom is 0.403 e. The van der Waals surface area contributed by atoms with E-state index in [-0.39, 0.29) is 24.1 Å². The number of halogens is 1. The fourth-order valence-corrected chi connectivity index (χ4v) is 6.74. The lowest BCUT2D eigenvalue weighted by Crippen LogP contribution is -2.48. The van der Waals surface area contributed by atoms with E-state index in [1.165, 1.54) is 12.3 Å². The summed E-state index contributed by atoms with van der Waals surface area (Å²) in [7, 11) is -11.3. The Labute approximate surface area is 202 Å². The normalized spacial score (nSPS) is 20.0. The van der Waals surface area contributed by atoms with E-state index in [1.807, 2.05) is 4.90 Å². The number of nitrogens with zero attached hydrogens (tertiary/aromatic N) is 3. The summed E-state index contributed by atoms with van der Waals surface area (Å²) in [5, 5.41) is 16.1. The fraction of sp³-hybridized carbons (Fsp3) is 0.474. The summed E-state index contributed by atoms with van der Waals surface area (Å²) in [6.07, 6.45) is 0.376. The van der Waals surface area contributed by atoms with Crippen molar-refractivity contribution in [3.05, 3.63) is 34.1 Å². The number of benzene rings is 1. The Morgan fingerprint density at radius 2 is 1.81 bits per heavy atom. The molecule has 2 aliphatic rings. The minimum atomic E-state index is -5.68. The van der Waals surface area contributed by atoms with Crippen LogP contribution >= 0.6 is 15.2 Å². The van der Waals surface area contributed by atoms with E-state index in [9.17, 15) is 48.1 Å². The Morgan fingerprint density at radius 3 is 2.39 bits per heavy atom. The van der Waals surface area contributed by atoms with Gasteiger partial charge < -0.3 is 39.1 Å². The first-order chi connectivity index (χ1) is 16.8. The molecule has 5 N–H and O–H groups in total. The average molecular weight is 551 g/mol. The number of hydrogen-bond donors (Lipinski definition) is 5. The van der Waals surface area contributed by atoms with Crippen LogP contribution < -0.4 is 15.1 Å². The van der Waals surface area contributed by atoms with Crippen molar-refractivity contribution in [1.29, 1.82) is 0 Å². The summed E-state index contributed by atoms with van der Waals surface area (Å²) in [6.45, 7) is 1.77. The standard InChI is InChI=1S/C19H24FN3O11P2/c20-34-36(31,32)19(27,35(28,29)30)3-4-21-5-7-22(8-6-21)14-2-1-12-15-17(14)33-10-9-23(15)11-13(16(12)24)18(25)26/h1-2,11,27H,3-10H2,(H,25,26)(H,31,32)(H2,28,29,30). The molecule has 2 atom stereocenters. The van der Waals surface area contributed by atoms with Gasteiger partial charge in [-0.05, 0) is 16.7 Å². The number of aromatic nitrogens is 1. The topological polar surface area (TPSA) is 199 Å². The van der Waals surface area contributed by atoms with Crippen LogP contribution in [0.5, 0.6) is 5.75 Å². The van der Waals surface area contributed by atoms with Crippen LogP contribution in [0.2, 0.25) is 0 Å². The molecule has 0 spiro atoms. The Balaban J connectivity index is 1.53. The molecule has 2 aromatic rings. The molecule has 36 heavy (non-hydrogen) atoms. The third-order valence-electron chi connectivity index (χ3n) is 6.47. The lowest BCUT2D eigenvalue weighted by molar-refractivity contribution is -0.0393. The largest absolute Gasteiger partial charge is 0.487 e. The number of hydrogen-bond acceptors (Lipinski definition) is 9. The minimum absolute atomic E-state index is 0.215. The SMILES string of the molecule is O=C(O)c1cn2c3c(c(N4CCN(CCC(O)(P(=O)(O)O)P(=O)(O)OF)CC4)ccc3c1=O)OCC2. The highest BCUT2D eigenvalue weighted by Crippen LogP contribution is 2.71. The van der Waals surface area contributed by atoms with E-state index < -0.39 is 38.1 Å². The van der Waals surface area contributed by atoms with Gasteiger partial charge in [0.05, 0.1) is 23.1 Å². The number of aliphatic hydroxyl groups is 1. The molecule has 3 heterocycles. The third-order valence-corrected chi connectivity index (χ3v) is 10.5. The summed E-state index contributed by atoms with van der Waals surface area (Å²) in [5.74, 6) is -0.890. The first-order valence-corrected chi connectivity index (χ1v) is 13.9. The molecule has 14 nitrogen and oxygen atoms in total. The van der Waals surface area contributed by atoms with Crippen molar-refractivity contribution < 1.29 is 52.8 Å². The molecular formula is C19H24FN3O11P2. The third kappa shape index (κ3) is 4.46. The van der Waals surface area contributed by atoms with E-state index in [4.69, 9.17) is 4.74 Å². The first kappa shape index (κ1) is 26.7. The van der Waals surface area contributed by atoms with Gasteiger partial charge >= 0.3 is 21.2 Å². The quantitative estimate of drug-likeness (QED) is 0.285. The molecule has 1 fully saturated rings. The highest BCUT2D eigenvalue weighted by Gasteiger charge is 2.61. The molecule has 198 valence electrons. The lowest BCUT2D eigenvalue weighted by Gasteiger charge is -2.38. The summed E-state index contributed by atoms with van der Waals surface area (Å²) in [5.41, 5.74) is 0.189. The second kappa shape index (κ2) is 9.51. The predicted molar refractivity (Wildman–Crippen MR) is 123 cm³/mol. The number of piperazine rings is 1. The summed E-state index contributed by atoms with van der Waals surface area (Å²) >= 11 is 0. The number of aromatic carboxylic acids is 1. The van der Waals surface area contributed by atoms with E-state index >= 15 is 0 Å². The zero-order valence-electron chi connectivity index (χ0n) is 18.7. The molecule has 2 aliphatic heterocycles. The van der Waals surface area contributed by atoms with Gasteiger partial charge in [-0.25, -0.2) is 4.79 Å². The first-order valence-electron chi connectivity index (χ1n) is 10.8. The van der Waals surface area contributed by atoms with Crippen molar-refractivity contribution in [3.8, 4) is 5.75 Å². The van der Waals surface area contributed by atoms with E-state index in [2.05, 4.69) is 4.73 Å². The van der Waals surface area contributed by atoms with E-state index in [1.54, 1.807) is 15.5 Å². The summed E-state index contributed by atoms with van der Waals surface area (Å²) < 4.78 is 46.2. The molecule has 0 saturated carbocycles. The molecule has 0 radical (unpaired) electrons. The number of anilines is 1. The zero-order valence-corrected chi connectivity index (χ0v) is 20.5. The van der Waals surface area contributed by atoms with Crippen LogP contribution in [0.4, 0.5) is 10.2 Å². The van der Waals surface area contributed by atoms with Crippen LogP contribution in [-0.4, -0.2) is 84.7 Å². The second-order valence-electron chi connectivity index (χ2n) is 8.52. The Morgan fingerprint density at radius 1 is 1.14 bits per heavy atom.